The summed E-state index contributed by atoms with van der Waals surface area (Å²) in [5, 5.41) is 10.2. The lowest BCUT2D eigenvalue weighted by Crippen LogP contribution is -1.85. The first-order valence-corrected chi connectivity index (χ1v) is 13.8. The maximum Gasteiger partial charge on any atom is 0.136 e. The molecule has 0 N–H and O–H groups in total. The minimum absolute atomic E-state index is 0.0626. The largest absolute Gasteiger partial charge is 0.456 e. The predicted octanol–water partition coefficient (Wildman–Crippen LogP) is 11.5. The molecule has 0 aliphatic carbocycles. The van der Waals surface area contributed by atoms with E-state index in [-0.39, 0.29) is 29.7 Å². The standard InChI is InChI=1S/C40H24O/c1-2-9-29-24-39-37(21-28(29)8-1)40-34(13-6-14-38(40)41-39)27-17-15-26(16-18-27)33-12-5-10-30-22-36-31(23-35(30)33)20-19-25-7-3-4-11-32(25)36/h1-24H/i15D,16D,17D,18D. The molecule has 190 valence electrons. The SMILES string of the molecule is [2H]c1c([2H])c(-c2cccc3oc4cc5ccccc5cc4c23)c([2H])c([2H])c1-c1cccc2cc3c(ccc4ccccc43)cc12. The highest BCUT2D eigenvalue weighted by Crippen LogP contribution is 2.40. The Hall–Kier alpha value is -5.40. The van der Waals surface area contributed by atoms with Crippen LogP contribution < -0.4 is 0 Å². The van der Waals surface area contributed by atoms with E-state index >= 15 is 0 Å². The van der Waals surface area contributed by atoms with E-state index < -0.39 is 0 Å². The number of fused-ring (bicyclic) bond motifs is 8. The normalized spacial score (nSPS) is 13.3. The van der Waals surface area contributed by atoms with E-state index in [2.05, 4.69) is 48.5 Å². The average Bonchev–Trinajstić information content (AvgIpc) is 3.43. The molecule has 9 aromatic rings. The topological polar surface area (TPSA) is 13.1 Å². The Bertz CT molecular complexity index is 2680. The van der Waals surface area contributed by atoms with Gasteiger partial charge in [-0.2, -0.15) is 0 Å². The van der Waals surface area contributed by atoms with Crippen LogP contribution in [0.2, 0.25) is 0 Å². The molecular formula is C40H24O. The first-order valence-electron chi connectivity index (χ1n) is 15.8. The fourth-order valence-electron chi connectivity index (χ4n) is 6.30. The third-order valence-corrected chi connectivity index (χ3v) is 8.27. The Morgan fingerprint density at radius 2 is 0.976 bits per heavy atom. The van der Waals surface area contributed by atoms with Crippen molar-refractivity contribution in [3.05, 3.63) is 145 Å². The lowest BCUT2D eigenvalue weighted by Gasteiger charge is -2.11. The molecule has 0 saturated carbocycles. The first kappa shape index (κ1) is 18.8. The van der Waals surface area contributed by atoms with Crippen LogP contribution >= 0.6 is 0 Å². The van der Waals surface area contributed by atoms with Crippen molar-refractivity contribution < 1.29 is 9.90 Å². The van der Waals surface area contributed by atoms with Crippen molar-refractivity contribution in [2.45, 2.75) is 0 Å². The molecule has 41 heavy (non-hydrogen) atoms. The van der Waals surface area contributed by atoms with Gasteiger partial charge in [0, 0.05) is 10.8 Å². The second-order valence-electron chi connectivity index (χ2n) is 10.6. The van der Waals surface area contributed by atoms with E-state index in [1.54, 1.807) is 0 Å². The molecule has 0 aliphatic heterocycles. The molecule has 0 fully saturated rings. The van der Waals surface area contributed by atoms with E-state index in [9.17, 15) is 5.48 Å². The van der Waals surface area contributed by atoms with E-state index in [0.29, 0.717) is 22.3 Å². The van der Waals surface area contributed by atoms with Gasteiger partial charge in [-0.25, -0.2) is 0 Å². The van der Waals surface area contributed by atoms with Crippen LogP contribution in [0, 0.1) is 0 Å². The summed E-state index contributed by atoms with van der Waals surface area (Å²) in [6, 6.07) is 40.2. The Labute approximate surface area is 242 Å². The molecule has 0 saturated heterocycles. The quantitative estimate of drug-likeness (QED) is 0.162. The number of hydrogen-bond acceptors (Lipinski definition) is 1. The van der Waals surface area contributed by atoms with E-state index in [4.69, 9.17) is 4.42 Å². The van der Waals surface area contributed by atoms with Gasteiger partial charge in [-0.1, -0.05) is 115 Å². The van der Waals surface area contributed by atoms with Crippen LogP contribution in [0.15, 0.2) is 150 Å². The van der Waals surface area contributed by atoms with E-state index in [0.717, 1.165) is 48.7 Å². The molecule has 0 bridgehead atoms. The van der Waals surface area contributed by atoms with Gasteiger partial charge in [0.1, 0.15) is 11.2 Å². The van der Waals surface area contributed by atoms with Gasteiger partial charge in [-0.15, -0.1) is 0 Å². The Morgan fingerprint density at radius 3 is 1.83 bits per heavy atom. The number of hydrogen-bond donors (Lipinski definition) is 0. The summed E-state index contributed by atoms with van der Waals surface area (Å²) < 4.78 is 43.2. The van der Waals surface area contributed by atoms with Gasteiger partial charge in [0.05, 0.1) is 5.48 Å². The third kappa shape index (κ3) is 3.43. The average molecular weight is 525 g/mol. The second-order valence-corrected chi connectivity index (χ2v) is 10.6. The first-order chi connectivity index (χ1) is 22.0. The minimum atomic E-state index is -0.0718. The zero-order valence-corrected chi connectivity index (χ0v) is 22.0. The summed E-state index contributed by atoms with van der Waals surface area (Å²) in [6.07, 6.45) is 0. The monoisotopic (exact) mass is 524 g/mol. The number of rotatable bonds is 2. The molecule has 1 heteroatoms. The molecule has 0 aliphatic rings. The second kappa shape index (κ2) is 8.55. The lowest BCUT2D eigenvalue weighted by atomic mass is 9.92. The van der Waals surface area contributed by atoms with Crippen molar-refractivity contribution in [1.82, 2.24) is 0 Å². The van der Waals surface area contributed by atoms with Crippen LogP contribution in [0.25, 0.3) is 87.3 Å². The molecule has 0 amide bonds. The van der Waals surface area contributed by atoms with Crippen molar-refractivity contribution in [2.75, 3.05) is 0 Å². The van der Waals surface area contributed by atoms with Crippen LogP contribution in [0.5, 0.6) is 0 Å². The number of benzene rings is 8. The fraction of sp³-hybridized carbons (Fsp3) is 0. The Morgan fingerprint density at radius 1 is 0.390 bits per heavy atom. The minimum Gasteiger partial charge on any atom is -0.456 e. The molecule has 0 atom stereocenters. The Kier molecular flexibility index (Phi) is 3.92. The van der Waals surface area contributed by atoms with Crippen LogP contribution in [-0.2, 0) is 0 Å². The van der Waals surface area contributed by atoms with Gasteiger partial charge in [-0.05, 0) is 95.7 Å². The highest BCUT2D eigenvalue weighted by molar-refractivity contribution is 6.16. The van der Waals surface area contributed by atoms with Gasteiger partial charge in [0.25, 0.3) is 0 Å². The summed E-state index contributed by atoms with van der Waals surface area (Å²) in [7, 11) is 0. The van der Waals surface area contributed by atoms with Crippen molar-refractivity contribution in [1.29, 1.82) is 0 Å². The zero-order chi connectivity index (χ0) is 30.4. The summed E-state index contributed by atoms with van der Waals surface area (Å²) in [5.41, 5.74) is 3.25. The maximum absolute atomic E-state index is 9.24. The fourth-order valence-corrected chi connectivity index (χ4v) is 6.30. The van der Waals surface area contributed by atoms with Crippen molar-refractivity contribution in [3.63, 3.8) is 0 Å². The maximum atomic E-state index is 9.24. The van der Waals surface area contributed by atoms with Gasteiger partial charge in [-0.3, -0.25) is 0 Å². The van der Waals surface area contributed by atoms with Crippen LogP contribution in [0.4, 0.5) is 0 Å². The van der Waals surface area contributed by atoms with Crippen molar-refractivity contribution in [2.24, 2.45) is 0 Å². The van der Waals surface area contributed by atoms with Crippen molar-refractivity contribution in [3.8, 4) is 22.3 Å². The molecule has 9 rings (SSSR count). The summed E-state index contributed by atoms with van der Waals surface area (Å²) in [4.78, 5) is 0. The highest BCUT2D eigenvalue weighted by atomic mass is 16.3. The third-order valence-electron chi connectivity index (χ3n) is 8.27. The molecular weight excluding hydrogens is 496 g/mol. The zero-order valence-electron chi connectivity index (χ0n) is 26.0. The van der Waals surface area contributed by atoms with E-state index in [1.807, 2.05) is 72.8 Å². The number of furan rings is 1. The van der Waals surface area contributed by atoms with Crippen LogP contribution in [0.3, 0.4) is 0 Å². The smallest absolute Gasteiger partial charge is 0.136 e. The molecule has 0 spiro atoms. The van der Waals surface area contributed by atoms with Gasteiger partial charge in [0.2, 0.25) is 0 Å². The van der Waals surface area contributed by atoms with Crippen molar-refractivity contribution >= 4 is 65.0 Å². The summed E-state index contributed by atoms with van der Waals surface area (Å²) in [5.74, 6) is 0. The molecule has 0 unspecified atom stereocenters. The molecule has 1 heterocycles. The molecule has 8 aromatic carbocycles. The summed E-state index contributed by atoms with van der Waals surface area (Å²) >= 11 is 0. The van der Waals surface area contributed by atoms with Gasteiger partial charge < -0.3 is 4.42 Å². The van der Waals surface area contributed by atoms with Crippen LogP contribution in [0.1, 0.15) is 5.48 Å². The molecule has 0 radical (unpaired) electrons. The molecule has 1 nitrogen and oxygen atoms in total. The van der Waals surface area contributed by atoms with Gasteiger partial charge in [0.15, 0.2) is 0 Å². The lowest BCUT2D eigenvalue weighted by molar-refractivity contribution is 0.669. The highest BCUT2D eigenvalue weighted by Gasteiger charge is 2.14. The molecule has 1 aromatic heterocycles. The van der Waals surface area contributed by atoms with Crippen LogP contribution in [-0.4, -0.2) is 0 Å². The van der Waals surface area contributed by atoms with E-state index in [1.165, 1.54) is 10.8 Å². The summed E-state index contributed by atoms with van der Waals surface area (Å²) in [6.45, 7) is 0. The van der Waals surface area contributed by atoms with Gasteiger partial charge >= 0.3 is 0 Å². The Balaban J connectivity index is 1.30. The predicted molar refractivity (Wildman–Crippen MR) is 175 cm³/mol.